The van der Waals surface area contributed by atoms with Crippen LogP contribution in [0.25, 0.3) is 0 Å². The van der Waals surface area contributed by atoms with E-state index in [1.807, 2.05) is 13.0 Å². The molecule has 0 aliphatic heterocycles. The Balaban J connectivity index is 4.15. The maximum Gasteiger partial charge on any atom is 0.0380 e. The topological polar surface area (TPSA) is 0 Å². The van der Waals surface area contributed by atoms with Crippen LogP contribution >= 0.6 is 23.2 Å². The SMILES string of the molecule is CC/C(Cl)=C\C(Cl)=C/C(C)C. The van der Waals surface area contributed by atoms with E-state index in [-0.39, 0.29) is 0 Å². The van der Waals surface area contributed by atoms with Gasteiger partial charge in [-0.3, -0.25) is 0 Å². The van der Waals surface area contributed by atoms with Gasteiger partial charge in [0.05, 0.1) is 0 Å². The molecule has 0 nitrogen and oxygen atoms in total. The van der Waals surface area contributed by atoms with Crippen molar-refractivity contribution in [3.05, 3.63) is 22.2 Å². The molecule has 0 N–H and O–H groups in total. The van der Waals surface area contributed by atoms with Crippen molar-refractivity contribution >= 4 is 23.2 Å². The van der Waals surface area contributed by atoms with Gasteiger partial charge in [0.25, 0.3) is 0 Å². The van der Waals surface area contributed by atoms with E-state index < -0.39 is 0 Å². The molecule has 0 radical (unpaired) electrons. The van der Waals surface area contributed by atoms with Crippen molar-refractivity contribution in [1.82, 2.24) is 0 Å². The van der Waals surface area contributed by atoms with Gasteiger partial charge in [-0.15, -0.1) is 0 Å². The number of allylic oxidation sites excluding steroid dienone is 4. The summed E-state index contributed by atoms with van der Waals surface area (Å²) in [6.07, 6.45) is 4.60. The van der Waals surface area contributed by atoms with Gasteiger partial charge in [-0.05, 0) is 18.4 Å². The zero-order valence-electron chi connectivity index (χ0n) is 7.20. The molecule has 2 heteroatoms. The largest absolute Gasteiger partial charge is 0.0891 e. The third kappa shape index (κ3) is 6.46. The van der Waals surface area contributed by atoms with Crippen LogP contribution in [-0.2, 0) is 0 Å². The van der Waals surface area contributed by atoms with Crippen LogP contribution in [0.3, 0.4) is 0 Å². The molecule has 0 heterocycles. The van der Waals surface area contributed by atoms with Gasteiger partial charge in [-0.1, -0.05) is 50.0 Å². The molecule has 0 atom stereocenters. The minimum absolute atomic E-state index is 0.472. The van der Waals surface area contributed by atoms with Gasteiger partial charge in [0.15, 0.2) is 0 Å². The third-order valence-electron chi connectivity index (χ3n) is 1.12. The van der Waals surface area contributed by atoms with Crippen LogP contribution in [0.2, 0.25) is 0 Å². The Bertz CT molecular complexity index is 166. The van der Waals surface area contributed by atoms with Crippen molar-refractivity contribution in [2.45, 2.75) is 27.2 Å². The Hall–Kier alpha value is 0.0600. The Morgan fingerprint density at radius 1 is 1.36 bits per heavy atom. The van der Waals surface area contributed by atoms with Crippen molar-refractivity contribution in [1.29, 1.82) is 0 Å². The van der Waals surface area contributed by atoms with Gasteiger partial charge in [0, 0.05) is 10.1 Å². The van der Waals surface area contributed by atoms with E-state index >= 15 is 0 Å². The first kappa shape index (κ1) is 11.1. The van der Waals surface area contributed by atoms with Crippen LogP contribution in [0, 0.1) is 5.92 Å². The first-order valence-electron chi connectivity index (χ1n) is 3.79. The predicted octanol–water partition coefficient (Wildman–Crippen LogP) is 4.30. The molecule has 0 aromatic carbocycles. The minimum atomic E-state index is 0.472. The normalized spacial score (nSPS) is 14.4. The van der Waals surface area contributed by atoms with E-state index in [9.17, 15) is 0 Å². The van der Waals surface area contributed by atoms with Crippen molar-refractivity contribution < 1.29 is 0 Å². The maximum absolute atomic E-state index is 5.85. The maximum atomic E-state index is 5.85. The van der Waals surface area contributed by atoms with Crippen molar-refractivity contribution in [3.63, 3.8) is 0 Å². The van der Waals surface area contributed by atoms with Crippen molar-refractivity contribution in [3.8, 4) is 0 Å². The second-order valence-electron chi connectivity index (χ2n) is 2.74. The summed E-state index contributed by atoms with van der Waals surface area (Å²) >= 11 is 11.6. The Labute approximate surface area is 78.9 Å². The zero-order valence-corrected chi connectivity index (χ0v) is 8.71. The molecule has 64 valence electrons. The highest BCUT2D eigenvalue weighted by molar-refractivity contribution is 6.34. The summed E-state index contributed by atoms with van der Waals surface area (Å²) in [5, 5.41) is 1.53. The van der Waals surface area contributed by atoms with Gasteiger partial charge in [0.2, 0.25) is 0 Å². The molecule has 0 aliphatic carbocycles. The molecule has 0 rings (SSSR count). The van der Waals surface area contributed by atoms with Crippen LogP contribution in [0.15, 0.2) is 22.2 Å². The Morgan fingerprint density at radius 2 is 1.91 bits per heavy atom. The number of hydrogen-bond acceptors (Lipinski definition) is 0. The fraction of sp³-hybridized carbons (Fsp3) is 0.556. The van der Waals surface area contributed by atoms with E-state index in [1.165, 1.54) is 0 Å². The van der Waals surface area contributed by atoms with E-state index in [0.29, 0.717) is 5.92 Å². The number of halogens is 2. The van der Waals surface area contributed by atoms with Gasteiger partial charge >= 0.3 is 0 Å². The molecule has 0 spiro atoms. The predicted molar refractivity (Wildman–Crippen MR) is 53.0 cm³/mol. The molecule has 0 saturated carbocycles. The van der Waals surface area contributed by atoms with Crippen LogP contribution in [-0.4, -0.2) is 0 Å². The highest BCUT2D eigenvalue weighted by Gasteiger charge is 1.92. The summed E-state index contributed by atoms with van der Waals surface area (Å²) in [5.74, 6) is 0.472. The van der Waals surface area contributed by atoms with E-state index in [1.54, 1.807) is 6.08 Å². The van der Waals surface area contributed by atoms with Crippen LogP contribution < -0.4 is 0 Å². The van der Waals surface area contributed by atoms with Crippen LogP contribution in [0.5, 0.6) is 0 Å². The Morgan fingerprint density at radius 3 is 2.27 bits per heavy atom. The first-order chi connectivity index (χ1) is 5.06. The lowest BCUT2D eigenvalue weighted by Gasteiger charge is -1.96. The van der Waals surface area contributed by atoms with Gasteiger partial charge in [-0.25, -0.2) is 0 Å². The average molecular weight is 193 g/mol. The molecule has 11 heavy (non-hydrogen) atoms. The number of hydrogen-bond donors (Lipinski definition) is 0. The van der Waals surface area contributed by atoms with E-state index in [0.717, 1.165) is 16.5 Å². The first-order valence-corrected chi connectivity index (χ1v) is 4.55. The molecule has 0 bridgehead atoms. The fourth-order valence-electron chi connectivity index (χ4n) is 0.618. The molecule has 0 amide bonds. The quantitative estimate of drug-likeness (QED) is 0.586. The second-order valence-corrected chi connectivity index (χ2v) is 3.66. The summed E-state index contributed by atoms with van der Waals surface area (Å²) in [7, 11) is 0. The van der Waals surface area contributed by atoms with Gasteiger partial charge in [0.1, 0.15) is 0 Å². The lowest BCUT2D eigenvalue weighted by molar-refractivity contribution is 0.830. The standard InChI is InChI=1S/C9H14Cl2/c1-4-8(10)6-9(11)5-7(2)3/h5-7H,4H2,1-3H3/b8-6+,9-5+. The lowest BCUT2D eigenvalue weighted by atomic mass is 10.2. The van der Waals surface area contributed by atoms with E-state index in [4.69, 9.17) is 23.2 Å². The van der Waals surface area contributed by atoms with Gasteiger partial charge in [-0.2, -0.15) is 0 Å². The summed E-state index contributed by atoms with van der Waals surface area (Å²) in [6.45, 7) is 6.16. The van der Waals surface area contributed by atoms with Crippen molar-refractivity contribution in [2.24, 2.45) is 5.92 Å². The molecule has 0 saturated heterocycles. The molecule has 0 aromatic rings. The highest BCUT2D eigenvalue weighted by Crippen LogP contribution is 2.15. The summed E-state index contributed by atoms with van der Waals surface area (Å²) in [6, 6.07) is 0. The molecule has 0 aliphatic rings. The molecule has 0 unspecified atom stereocenters. The van der Waals surface area contributed by atoms with Crippen molar-refractivity contribution in [2.75, 3.05) is 0 Å². The van der Waals surface area contributed by atoms with E-state index in [2.05, 4.69) is 13.8 Å². The minimum Gasteiger partial charge on any atom is -0.0891 e. The van der Waals surface area contributed by atoms with Gasteiger partial charge < -0.3 is 0 Å². The van der Waals surface area contributed by atoms with Crippen LogP contribution in [0.4, 0.5) is 0 Å². The smallest absolute Gasteiger partial charge is 0.0380 e. The molecular formula is C9H14Cl2. The summed E-state index contributed by atoms with van der Waals surface area (Å²) < 4.78 is 0. The lowest BCUT2D eigenvalue weighted by Crippen LogP contribution is -1.79. The molecule has 0 fully saturated rings. The average Bonchev–Trinajstić information content (AvgIpc) is 1.85. The summed E-state index contributed by atoms with van der Waals surface area (Å²) in [4.78, 5) is 0. The Kier molecular flexibility index (Phi) is 5.71. The third-order valence-corrected chi connectivity index (χ3v) is 1.74. The molecular weight excluding hydrogens is 179 g/mol. The second kappa shape index (κ2) is 5.68. The molecule has 0 aromatic heterocycles. The summed E-state index contributed by atoms with van der Waals surface area (Å²) in [5.41, 5.74) is 0. The fourth-order valence-corrected chi connectivity index (χ4v) is 1.18. The zero-order chi connectivity index (χ0) is 8.85. The van der Waals surface area contributed by atoms with Crippen LogP contribution in [0.1, 0.15) is 27.2 Å². The highest BCUT2D eigenvalue weighted by atomic mass is 35.5. The monoisotopic (exact) mass is 192 g/mol. The number of rotatable bonds is 3.